The summed E-state index contributed by atoms with van der Waals surface area (Å²) < 4.78 is 22.5. The fourth-order valence-electron chi connectivity index (χ4n) is 1.18. The second kappa shape index (κ2) is 6.38. The Labute approximate surface area is 81.6 Å². The van der Waals surface area contributed by atoms with Gasteiger partial charge in [-0.15, -0.1) is 0 Å². The minimum atomic E-state index is -2.78. The number of nitrogens with two attached hydrogens (primary N) is 1. The zero-order chi connectivity index (χ0) is 10.3. The molecule has 0 aromatic heterocycles. The van der Waals surface area contributed by atoms with Gasteiger partial charge in [0.15, 0.2) is 0 Å². The lowest BCUT2D eigenvalue weighted by molar-refractivity contribution is 0.530. The van der Waals surface area contributed by atoms with Gasteiger partial charge in [-0.05, 0) is 31.7 Å². The van der Waals surface area contributed by atoms with E-state index in [1.165, 1.54) is 0 Å². The second-order valence-electron chi connectivity index (χ2n) is 3.63. The third-order valence-corrected chi connectivity index (χ3v) is 4.01. The van der Waals surface area contributed by atoms with Crippen molar-refractivity contribution in [1.29, 1.82) is 0 Å². The van der Waals surface area contributed by atoms with Crippen molar-refractivity contribution in [1.82, 2.24) is 0 Å². The van der Waals surface area contributed by atoms with E-state index in [-0.39, 0.29) is 0 Å². The summed E-state index contributed by atoms with van der Waals surface area (Å²) in [4.78, 5) is 0. The van der Waals surface area contributed by atoms with Crippen LogP contribution in [0.15, 0.2) is 0 Å². The Morgan fingerprint density at radius 2 is 1.92 bits per heavy atom. The molecule has 1 unspecified atom stereocenters. The van der Waals surface area contributed by atoms with Crippen molar-refractivity contribution in [3.8, 4) is 0 Å². The summed E-state index contributed by atoms with van der Waals surface area (Å²) in [6.45, 7) is 4.58. The molecule has 0 aromatic carbocycles. The van der Waals surface area contributed by atoms with E-state index in [4.69, 9.17) is 5.73 Å². The molecule has 0 saturated heterocycles. The zero-order valence-electron chi connectivity index (χ0n) is 8.62. The maximum absolute atomic E-state index is 11.3. The van der Waals surface area contributed by atoms with E-state index in [1.54, 1.807) is 0 Å². The van der Waals surface area contributed by atoms with Crippen molar-refractivity contribution in [2.45, 2.75) is 33.1 Å². The van der Waals surface area contributed by atoms with Crippen LogP contribution in [0.5, 0.6) is 0 Å². The summed E-state index contributed by atoms with van der Waals surface area (Å²) in [5.74, 6) is 1.09. The molecule has 0 amide bonds. The van der Waals surface area contributed by atoms with Crippen molar-refractivity contribution >= 4 is 9.84 Å². The molecule has 3 nitrogen and oxygen atoms in total. The summed E-state index contributed by atoms with van der Waals surface area (Å²) in [7, 11) is -2.78. The quantitative estimate of drug-likeness (QED) is 0.682. The molecular formula is C9H21NO2S. The molecule has 13 heavy (non-hydrogen) atoms. The molecular weight excluding hydrogens is 186 g/mol. The first-order valence-corrected chi connectivity index (χ1v) is 6.74. The molecule has 0 aromatic rings. The van der Waals surface area contributed by atoms with E-state index >= 15 is 0 Å². The Kier molecular flexibility index (Phi) is 6.33. The lowest BCUT2D eigenvalue weighted by atomic mass is 10.1. The predicted molar refractivity (Wildman–Crippen MR) is 56.4 cm³/mol. The van der Waals surface area contributed by atoms with Crippen LogP contribution in [0.4, 0.5) is 0 Å². The lowest BCUT2D eigenvalue weighted by Crippen LogP contribution is -2.14. The molecule has 0 rings (SSSR count). The molecule has 1 atom stereocenters. The van der Waals surface area contributed by atoms with Crippen LogP contribution in [-0.4, -0.2) is 26.5 Å². The van der Waals surface area contributed by atoms with Gasteiger partial charge in [-0.25, -0.2) is 8.42 Å². The van der Waals surface area contributed by atoms with Crippen molar-refractivity contribution < 1.29 is 8.42 Å². The smallest absolute Gasteiger partial charge is 0.150 e. The van der Waals surface area contributed by atoms with E-state index < -0.39 is 9.84 Å². The van der Waals surface area contributed by atoms with Gasteiger partial charge in [0.1, 0.15) is 9.84 Å². The van der Waals surface area contributed by atoms with Crippen molar-refractivity contribution in [2.75, 3.05) is 18.1 Å². The SMILES string of the molecule is CCCS(=O)(=O)CCCC(C)CN. The summed E-state index contributed by atoms with van der Waals surface area (Å²) in [5.41, 5.74) is 5.43. The van der Waals surface area contributed by atoms with Crippen LogP contribution in [0, 0.1) is 5.92 Å². The van der Waals surface area contributed by atoms with Gasteiger partial charge < -0.3 is 5.73 Å². The minimum absolute atomic E-state index is 0.323. The fourth-order valence-corrected chi connectivity index (χ4v) is 2.62. The molecule has 0 fully saturated rings. The van der Waals surface area contributed by atoms with Crippen LogP contribution in [0.2, 0.25) is 0 Å². The summed E-state index contributed by atoms with van der Waals surface area (Å²) in [5, 5.41) is 0. The molecule has 0 radical (unpaired) electrons. The predicted octanol–water partition coefficient (Wildman–Crippen LogP) is 1.19. The maximum atomic E-state index is 11.3. The number of rotatable bonds is 7. The summed E-state index contributed by atoms with van der Waals surface area (Å²) in [6.07, 6.45) is 2.38. The average Bonchev–Trinajstić information content (AvgIpc) is 2.03. The van der Waals surface area contributed by atoms with E-state index in [2.05, 4.69) is 0 Å². The highest BCUT2D eigenvalue weighted by Gasteiger charge is 2.09. The zero-order valence-corrected chi connectivity index (χ0v) is 9.44. The van der Waals surface area contributed by atoms with Crippen molar-refractivity contribution in [3.05, 3.63) is 0 Å². The molecule has 0 aliphatic heterocycles. The highest BCUT2D eigenvalue weighted by molar-refractivity contribution is 7.91. The van der Waals surface area contributed by atoms with Crippen LogP contribution < -0.4 is 5.73 Å². The highest BCUT2D eigenvalue weighted by atomic mass is 32.2. The summed E-state index contributed by atoms with van der Waals surface area (Å²) >= 11 is 0. The standard InChI is InChI=1S/C9H21NO2S/c1-3-6-13(11,12)7-4-5-9(2)8-10/h9H,3-8,10H2,1-2H3. The average molecular weight is 207 g/mol. The van der Waals surface area contributed by atoms with Gasteiger partial charge >= 0.3 is 0 Å². The van der Waals surface area contributed by atoms with Gasteiger partial charge in [0, 0.05) is 5.75 Å². The van der Waals surface area contributed by atoms with Crippen LogP contribution in [0.25, 0.3) is 0 Å². The Morgan fingerprint density at radius 3 is 2.38 bits per heavy atom. The molecule has 0 aliphatic carbocycles. The first kappa shape index (κ1) is 12.9. The van der Waals surface area contributed by atoms with Gasteiger partial charge in [-0.2, -0.15) is 0 Å². The first-order chi connectivity index (χ1) is 6.02. The number of sulfone groups is 1. The molecule has 80 valence electrons. The van der Waals surface area contributed by atoms with Gasteiger partial charge in [0.2, 0.25) is 0 Å². The van der Waals surface area contributed by atoms with Crippen LogP contribution in [-0.2, 0) is 9.84 Å². The maximum Gasteiger partial charge on any atom is 0.150 e. The van der Waals surface area contributed by atoms with Crippen molar-refractivity contribution in [3.63, 3.8) is 0 Å². The molecule has 0 spiro atoms. The van der Waals surface area contributed by atoms with Crippen LogP contribution in [0.1, 0.15) is 33.1 Å². The third kappa shape index (κ3) is 7.02. The lowest BCUT2D eigenvalue weighted by Gasteiger charge is -2.07. The minimum Gasteiger partial charge on any atom is -0.330 e. The first-order valence-electron chi connectivity index (χ1n) is 4.92. The fraction of sp³-hybridized carbons (Fsp3) is 1.00. The number of hydrogen-bond acceptors (Lipinski definition) is 3. The van der Waals surface area contributed by atoms with Gasteiger partial charge in [0.25, 0.3) is 0 Å². The van der Waals surface area contributed by atoms with Crippen LogP contribution >= 0.6 is 0 Å². The summed E-state index contributed by atoms with van der Waals surface area (Å²) in [6, 6.07) is 0. The monoisotopic (exact) mass is 207 g/mol. The van der Waals surface area contributed by atoms with Crippen LogP contribution in [0.3, 0.4) is 0 Å². The Morgan fingerprint density at radius 1 is 1.31 bits per heavy atom. The van der Waals surface area contributed by atoms with Gasteiger partial charge in [0.05, 0.1) is 5.75 Å². The largest absolute Gasteiger partial charge is 0.330 e. The van der Waals surface area contributed by atoms with Crippen molar-refractivity contribution in [2.24, 2.45) is 11.7 Å². The molecule has 0 aliphatic rings. The Bertz CT molecular complexity index is 212. The molecule has 0 bridgehead atoms. The Hall–Kier alpha value is -0.0900. The Balaban J connectivity index is 3.64. The van der Waals surface area contributed by atoms with E-state index in [0.29, 0.717) is 24.0 Å². The van der Waals surface area contributed by atoms with E-state index in [1.807, 2.05) is 13.8 Å². The number of hydrogen-bond donors (Lipinski definition) is 1. The molecule has 4 heteroatoms. The van der Waals surface area contributed by atoms with E-state index in [9.17, 15) is 8.42 Å². The van der Waals surface area contributed by atoms with Gasteiger partial charge in [-0.1, -0.05) is 13.8 Å². The topological polar surface area (TPSA) is 60.2 Å². The molecule has 0 saturated carbocycles. The second-order valence-corrected chi connectivity index (χ2v) is 5.94. The van der Waals surface area contributed by atoms with Gasteiger partial charge in [-0.3, -0.25) is 0 Å². The molecule has 2 N–H and O–H groups in total. The van der Waals surface area contributed by atoms with E-state index in [0.717, 1.165) is 19.3 Å². The molecule has 0 heterocycles. The third-order valence-electron chi connectivity index (χ3n) is 2.07. The normalized spacial score (nSPS) is 14.4. The highest BCUT2D eigenvalue weighted by Crippen LogP contribution is 2.06.